The summed E-state index contributed by atoms with van der Waals surface area (Å²) < 4.78 is 3.23. The molecule has 0 aliphatic heterocycles. The van der Waals surface area contributed by atoms with Crippen LogP contribution in [-0.2, 0) is 11.3 Å². The summed E-state index contributed by atoms with van der Waals surface area (Å²) in [6, 6.07) is 44.4. The molecular weight excluding hydrogens is 594 g/mol. The van der Waals surface area contributed by atoms with E-state index in [-0.39, 0.29) is 0 Å². The third-order valence-corrected chi connectivity index (χ3v) is 19.4. The van der Waals surface area contributed by atoms with Crippen molar-refractivity contribution in [3.63, 3.8) is 0 Å². The van der Waals surface area contributed by atoms with Crippen molar-refractivity contribution in [2.24, 2.45) is 0 Å². The number of halogens is 1. The Balaban J connectivity index is 1.27. The molecule has 4 aromatic rings. The SMILES string of the molecule is IP(CCCCCCCCCCOCc1ccccc1)(c1ccccc1)(c1ccccc1)c1ccccc1. The van der Waals surface area contributed by atoms with Gasteiger partial charge in [0, 0.05) is 0 Å². The molecule has 0 atom stereocenters. The van der Waals surface area contributed by atoms with Gasteiger partial charge in [-0.15, -0.1) is 0 Å². The van der Waals surface area contributed by atoms with Crippen molar-refractivity contribution in [1.82, 2.24) is 0 Å². The zero-order valence-corrected chi connectivity index (χ0v) is 25.6. The van der Waals surface area contributed by atoms with Gasteiger partial charge < -0.3 is 0 Å². The number of rotatable bonds is 16. The van der Waals surface area contributed by atoms with E-state index in [4.69, 9.17) is 4.74 Å². The summed E-state index contributed by atoms with van der Waals surface area (Å²) in [6.07, 6.45) is 11.5. The Kier molecular flexibility index (Phi) is 11.4. The van der Waals surface area contributed by atoms with Gasteiger partial charge in [-0.2, -0.15) is 0 Å². The Bertz CT molecular complexity index is 1080. The molecule has 4 rings (SSSR count). The van der Waals surface area contributed by atoms with Crippen molar-refractivity contribution in [3.05, 3.63) is 127 Å². The summed E-state index contributed by atoms with van der Waals surface area (Å²) in [5.41, 5.74) is 1.26. The topological polar surface area (TPSA) is 9.23 Å². The maximum atomic E-state index is 5.83. The maximum absolute atomic E-state index is 5.83. The van der Waals surface area contributed by atoms with Crippen LogP contribution in [0.1, 0.15) is 56.9 Å². The molecule has 0 amide bonds. The summed E-state index contributed by atoms with van der Waals surface area (Å²) in [6.45, 7) is 1.60. The van der Waals surface area contributed by atoms with Crippen molar-refractivity contribution in [2.45, 2.75) is 58.0 Å². The van der Waals surface area contributed by atoms with Crippen LogP contribution in [0.15, 0.2) is 121 Å². The quantitative estimate of drug-likeness (QED) is 0.0677. The fourth-order valence-electron chi connectivity index (χ4n) is 5.49. The molecule has 1 nitrogen and oxygen atoms in total. The van der Waals surface area contributed by atoms with Crippen LogP contribution < -0.4 is 15.9 Å². The minimum absolute atomic E-state index is 0.734. The Morgan fingerprint density at radius 2 is 0.816 bits per heavy atom. The average molecular weight is 637 g/mol. The number of hydrogen-bond donors (Lipinski definition) is 0. The summed E-state index contributed by atoms with van der Waals surface area (Å²) in [7, 11) is 0. The normalized spacial score (nSPS) is 12.6. The van der Waals surface area contributed by atoms with E-state index in [1.165, 1.54) is 79.0 Å². The monoisotopic (exact) mass is 636 g/mol. The van der Waals surface area contributed by atoms with Crippen molar-refractivity contribution < 1.29 is 4.74 Å². The molecule has 0 radical (unpaired) electrons. The van der Waals surface area contributed by atoms with Crippen LogP contribution in [0.3, 0.4) is 0 Å². The van der Waals surface area contributed by atoms with Crippen LogP contribution >= 0.6 is 26.3 Å². The molecule has 38 heavy (non-hydrogen) atoms. The van der Waals surface area contributed by atoms with Crippen LogP contribution in [0.2, 0.25) is 0 Å². The predicted molar refractivity (Wildman–Crippen MR) is 177 cm³/mol. The van der Waals surface area contributed by atoms with Crippen molar-refractivity contribution in [1.29, 1.82) is 0 Å². The fraction of sp³-hybridized carbons (Fsp3) is 0.314. The van der Waals surface area contributed by atoms with E-state index in [0.717, 1.165) is 13.2 Å². The molecule has 0 aromatic heterocycles. The molecule has 0 saturated heterocycles. The predicted octanol–water partition coefficient (Wildman–Crippen LogP) is 9.20. The van der Waals surface area contributed by atoms with Gasteiger partial charge in [-0.3, -0.25) is 0 Å². The molecule has 0 bridgehead atoms. The molecule has 4 aromatic carbocycles. The van der Waals surface area contributed by atoms with Crippen molar-refractivity contribution >= 4 is 42.2 Å². The van der Waals surface area contributed by atoms with E-state index in [2.05, 4.69) is 143 Å². The van der Waals surface area contributed by atoms with Crippen molar-refractivity contribution in [2.75, 3.05) is 12.8 Å². The van der Waals surface area contributed by atoms with Gasteiger partial charge >= 0.3 is 209 Å². The van der Waals surface area contributed by atoms with E-state index in [9.17, 15) is 0 Å². The molecule has 0 fully saturated rings. The molecule has 0 saturated carbocycles. The molecule has 0 aliphatic rings. The zero-order valence-electron chi connectivity index (χ0n) is 22.6. The summed E-state index contributed by atoms with van der Waals surface area (Å²) in [5.74, 6) is 0. The van der Waals surface area contributed by atoms with Gasteiger partial charge in [0.25, 0.3) is 0 Å². The fourth-order valence-corrected chi connectivity index (χ4v) is 14.3. The van der Waals surface area contributed by atoms with Crippen LogP contribution in [0.25, 0.3) is 0 Å². The molecule has 0 heterocycles. The Hall–Kier alpha value is -2.00. The second kappa shape index (κ2) is 15.0. The first-order valence-electron chi connectivity index (χ1n) is 14.2. The van der Waals surface area contributed by atoms with Crippen LogP contribution in [-0.4, -0.2) is 12.8 Å². The average Bonchev–Trinajstić information content (AvgIpc) is 2.99. The molecule has 0 aliphatic carbocycles. The standard InChI is InChI=1S/C35H42IOP/c36-38(33-23-13-8-14-24-33,34-25-15-9-16-26-34,35-27-17-10-18-28-35)30-20-6-4-2-1-3-5-19-29-37-31-32-21-11-7-12-22-32/h7-18,21-28H,1-6,19-20,29-31H2. The Morgan fingerprint density at radius 3 is 1.26 bits per heavy atom. The van der Waals surface area contributed by atoms with E-state index >= 15 is 0 Å². The van der Waals surface area contributed by atoms with E-state index in [1.54, 1.807) is 0 Å². The minimum atomic E-state index is -2.60. The number of hydrogen-bond acceptors (Lipinski definition) is 1. The number of ether oxygens (including phenoxy) is 1. The van der Waals surface area contributed by atoms with Crippen LogP contribution in [0.5, 0.6) is 0 Å². The van der Waals surface area contributed by atoms with Crippen LogP contribution in [0, 0.1) is 0 Å². The molecular formula is C35H42IOP. The molecule has 0 spiro atoms. The third-order valence-electron chi connectivity index (χ3n) is 7.61. The van der Waals surface area contributed by atoms with Gasteiger partial charge in [0.2, 0.25) is 0 Å². The molecule has 200 valence electrons. The third kappa shape index (κ3) is 7.34. The van der Waals surface area contributed by atoms with Gasteiger partial charge in [0.15, 0.2) is 0 Å². The van der Waals surface area contributed by atoms with E-state index in [0.29, 0.717) is 0 Å². The van der Waals surface area contributed by atoms with Crippen LogP contribution in [0.4, 0.5) is 0 Å². The van der Waals surface area contributed by atoms with Gasteiger partial charge in [0.1, 0.15) is 0 Å². The summed E-state index contributed by atoms with van der Waals surface area (Å²) in [4.78, 5) is 0. The summed E-state index contributed by atoms with van der Waals surface area (Å²) in [5, 5.41) is 4.47. The first-order valence-corrected chi connectivity index (χ1v) is 19.4. The first-order chi connectivity index (χ1) is 18.7. The molecule has 0 N–H and O–H groups in total. The number of unbranched alkanes of at least 4 members (excludes halogenated alkanes) is 7. The first kappa shape index (κ1) is 29.0. The number of benzene rings is 4. The molecule has 0 unspecified atom stereocenters. The van der Waals surface area contributed by atoms with Gasteiger partial charge in [-0.05, 0) is 5.56 Å². The Labute approximate surface area is 243 Å². The van der Waals surface area contributed by atoms with Gasteiger partial charge in [0.05, 0.1) is 0 Å². The van der Waals surface area contributed by atoms with Gasteiger partial charge in [-0.1, -0.05) is 30.3 Å². The van der Waals surface area contributed by atoms with E-state index in [1.807, 2.05) is 0 Å². The second-order valence-corrected chi connectivity index (χ2v) is 21.0. The van der Waals surface area contributed by atoms with Gasteiger partial charge in [-0.25, -0.2) is 0 Å². The van der Waals surface area contributed by atoms with Crippen molar-refractivity contribution in [3.8, 4) is 0 Å². The van der Waals surface area contributed by atoms with E-state index < -0.39 is 4.25 Å². The summed E-state index contributed by atoms with van der Waals surface area (Å²) >= 11 is 2.92. The second-order valence-electron chi connectivity index (χ2n) is 10.3. The zero-order chi connectivity index (χ0) is 26.4. The Morgan fingerprint density at radius 1 is 0.447 bits per heavy atom. The molecule has 3 heteroatoms.